The molecule has 0 aromatic heterocycles. The van der Waals surface area contributed by atoms with Crippen molar-refractivity contribution in [3.8, 4) is 11.5 Å². The summed E-state index contributed by atoms with van der Waals surface area (Å²) in [5.41, 5.74) is 0.149. The van der Waals surface area contributed by atoms with Crippen molar-refractivity contribution in [3.63, 3.8) is 0 Å². The molecule has 0 heterocycles. The third-order valence-corrected chi connectivity index (χ3v) is 1.80. The molecule has 0 fully saturated rings. The van der Waals surface area contributed by atoms with E-state index in [4.69, 9.17) is 9.47 Å². The van der Waals surface area contributed by atoms with Crippen molar-refractivity contribution in [2.24, 2.45) is 0 Å². The van der Waals surface area contributed by atoms with Gasteiger partial charge in [0, 0.05) is 20.8 Å². The Morgan fingerprint density at radius 1 is 0.944 bits per heavy atom. The number of rotatable bonds is 3. The van der Waals surface area contributed by atoms with Gasteiger partial charge in [-0.05, 0) is 12.1 Å². The number of carbonyl (C=O) groups is 3. The molecule has 0 unspecified atom stereocenters. The Kier molecular flexibility index (Phi) is 4.42. The first-order chi connectivity index (χ1) is 8.40. The Bertz CT molecular complexity index is 461. The predicted octanol–water partition coefficient (Wildman–Crippen LogP) is 1.50. The van der Waals surface area contributed by atoms with Crippen molar-refractivity contribution in [3.05, 3.63) is 18.2 Å². The van der Waals surface area contributed by atoms with Gasteiger partial charge in [0.25, 0.3) is 0 Å². The van der Waals surface area contributed by atoms with Crippen LogP contribution in [0, 0.1) is 0 Å². The highest BCUT2D eigenvalue weighted by atomic mass is 16.5. The van der Waals surface area contributed by atoms with Crippen molar-refractivity contribution in [1.29, 1.82) is 0 Å². The number of para-hydroxylation sites is 1. The molecule has 0 atom stereocenters. The molecule has 0 spiro atoms. The summed E-state index contributed by atoms with van der Waals surface area (Å²) in [6.45, 7) is 3.76. The summed E-state index contributed by atoms with van der Waals surface area (Å²) in [5, 5.41) is 2.46. The second kappa shape index (κ2) is 5.81. The highest BCUT2D eigenvalue weighted by molar-refractivity contribution is 5.93. The van der Waals surface area contributed by atoms with E-state index in [2.05, 4.69) is 5.32 Å². The van der Waals surface area contributed by atoms with E-state index in [9.17, 15) is 14.4 Å². The van der Waals surface area contributed by atoms with E-state index in [-0.39, 0.29) is 23.1 Å². The number of anilines is 1. The van der Waals surface area contributed by atoms with Crippen LogP contribution in [-0.2, 0) is 14.4 Å². The zero-order valence-corrected chi connectivity index (χ0v) is 10.3. The zero-order chi connectivity index (χ0) is 13.7. The molecule has 1 amide bonds. The van der Waals surface area contributed by atoms with E-state index in [0.29, 0.717) is 0 Å². The molecular weight excluding hydrogens is 238 g/mol. The van der Waals surface area contributed by atoms with E-state index in [1.54, 1.807) is 6.07 Å². The van der Waals surface area contributed by atoms with Gasteiger partial charge in [0.1, 0.15) is 5.69 Å². The van der Waals surface area contributed by atoms with E-state index in [1.807, 2.05) is 0 Å². The number of esters is 2. The Morgan fingerprint density at radius 3 is 1.72 bits per heavy atom. The fraction of sp³-hybridized carbons (Fsp3) is 0.250. The van der Waals surface area contributed by atoms with E-state index >= 15 is 0 Å². The van der Waals surface area contributed by atoms with Crippen LogP contribution >= 0.6 is 0 Å². The molecule has 1 aromatic carbocycles. The first-order valence-electron chi connectivity index (χ1n) is 5.17. The summed E-state index contributed by atoms with van der Waals surface area (Å²) in [6.07, 6.45) is 0. The molecule has 6 nitrogen and oxygen atoms in total. The second-order valence-corrected chi connectivity index (χ2v) is 3.50. The van der Waals surface area contributed by atoms with Crippen molar-refractivity contribution >= 4 is 23.5 Å². The van der Waals surface area contributed by atoms with Gasteiger partial charge in [-0.15, -0.1) is 0 Å². The number of nitrogens with one attached hydrogen (secondary N) is 1. The van der Waals surface area contributed by atoms with Crippen molar-refractivity contribution < 1.29 is 23.9 Å². The first kappa shape index (κ1) is 13.7. The predicted molar refractivity (Wildman–Crippen MR) is 63.4 cm³/mol. The SMILES string of the molecule is CC(=O)Nc1c(OC(C)=O)cccc1OC(C)=O. The van der Waals surface area contributed by atoms with E-state index in [0.717, 1.165) is 0 Å². The minimum Gasteiger partial charge on any atom is -0.424 e. The lowest BCUT2D eigenvalue weighted by Gasteiger charge is -2.13. The van der Waals surface area contributed by atoms with Crippen molar-refractivity contribution in [2.45, 2.75) is 20.8 Å². The standard InChI is InChI=1S/C12H13NO5/c1-7(14)13-12-10(17-8(2)15)5-4-6-11(12)18-9(3)16/h4-6H,1-3H3,(H,13,14). The Hall–Kier alpha value is -2.37. The molecule has 0 saturated carbocycles. The maximum atomic E-state index is 11.1. The van der Waals surface area contributed by atoms with Crippen LogP contribution in [0.5, 0.6) is 11.5 Å². The summed E-state index contributed by atoms with van der Waals surface area (Å²) in [6, 6.07) is 4.52. The quantitative estimate of drug-likeness (QED) is 0.650. The van der Waals surface area contributed by atoms with Crippen LogP contribution < -0.4 is 14.8 Å². The monoisotopic (exact) mass is 251 g/mol. The maximum Gasteiger partial charge on any atom is 0.308 e. The molecule has 0 aliphatic rings. The lowest BCUT2D eigenvalue weighted by molar-refractivity contribution is -0.132. The lowest BCUT2D eigenvalue weighted by atomic mass is 10.2. The zero-order valence-electron chi connectivity index (χ0n) is 10.3. The van der Waals surface area contributed by atoms with Crippen molar-refractivity contribution in [1.82, 2.24) is 0 Å². The van der Waals surface area contributed by atoms with Gasteiger partial charge in [0.2, 0.25) is 5.91 Å². The van der Waals surface area contributed by atoms with Crippen LogP contribution in [0.3, 0.4) is 0 Å². The number of benzene rings is 1. The molecule has 1 N–H and O–H groups in total. The van der Waals surface area contributed by atoms with Gasteiger partial charge in [-0.1, -0.05) is 6.07 Å². The van der Waals surface area contributed by atoms with Crippen LogP contribution in [0.25, 0.3) is 0 Å². The maximum absolute atomic E-state index is 11.1. The van der Waals surface area contributed by atoms with Gasteiger partial charge >= 0.3 is 11.9 Å². The number of ether oxygens (including phenoxy) is 2. The Balaban J connectivity index is 3.19. The molecule has 0 saturated heterocycles. The molecule has 0 aliphatic carbocycles. The number of carbonyl (C=O) groups excluding carboxylic acids is 3. The largest absolute Gasteiger partial charge is 0.424 e. The number of amides is 1. The summed E-state index contributed by atoms with van der Waals surface area (Å²) < 4.78 is 9.85. The fourth-order valence-electron chi connectivity index (χ4n) is 1.29. The van der Waals surface area contributed by atoms with Crippen LogP contribution in [0.4, 0.5) is 5.69 Å². The molecule has 6 heteroatoms. The summed E-state index contributed by atoms with van der Waals surface area (Å²) in [5.74, 6) is -1.21. The third-order valence-electron chi connectivity index (χ3n) is 1.80. The van der Waals surface area contributed by atoms with Crippen LogP contribution in [0.15, 0.2) is 18.2 Å². The van der Waals surface area contributed by atoms with Crippen LogP contribution in [0.2, 0.25) is 0 Å². The van der Waals surface area contributed by atoms with Gasteiger partial charge in [0.05, 0.1) is 0 Å². The van der Waals surface area contributed by atoms with E-state index < -0.39 is 11.9 Å². The molecule has 0 aliphatic heterocycles. The van der Waals surface area contributed by atoms with Crippen LogP contribution in [0.1, 0.15) is 20.8 Å². The average molecular weight is 251 g/mol. The summed E-state index contributed by atoms with van der Waals surface area (Å²) >= 11 is 0. The summed E-state index contributed by atoms with van der Waals surface area (Å²) in [4.78, 5) is 33.0. The second-order valence-electron chi connectivity index (χ2n) is 3.50. The molecule has 0 bridgehead atoms. The van der Waals surface area contributed by atoms with E-state index in [1.165, 1.54) is 32.9 Å². The van der Waals surface area contributed by atoms with Gasteiger partial charge in [-0.2, -0.15) is 0 Å². The molecule has 96 valence electrons. The number of hydrogen-bond donors (Lipinski definition) is 1. The molecular formula is C12H13NO5. The third kappa shape index (κ3) is 3.89. The first-order valence-corrected chi connectivity index (χ1v) is 5.17. The lowest BCUT2D eigenvalue weighted by Crippen LogP contribution is -2.12. The normalized spacial score (nSPS) is 9.50. The molecule has 1 rings (SSSR count). The molecule has 0 radical (unpaired) electrons. The van der Waals surface area contributed by atoms with Gasteiger partial charge in [-0.3, -0.25) is 14.4 Å². The Labute approximate surface area is 104 Å². The molecule has 18 heavy (non-hydrogen) atoms. The minimum absolute atomic E-state index is 0.122. The highest BCUT2D eigenvalue weighted by Gasteiger charge is 2.15. The van der Waals surface area contributed by atoms with Gasteiger partial charge < -0.3 is 14.8 Å². The van der Waals surface area contributed by atoms with Crippen molar-refractivity contribution in [2.75, 3.05) is 5.32 Å². The van der Waals surface area contributed by atoms with Gasteiger partial charge in [0.15, 0.2) is 11.5 Å². The van der Waals surface area contributed by atoms with Crippen LogP contribution in [-0.4, -0.2) is 17.8 Å². The smallest absolute Gasteiger partial charge is 0.308 e. The summed E-state index contributed by atoms with van der Waals surface area (Å²) in [7, 11) is 0. The van der Waals surface area contributed by atoms with Gasteiger partial charge in [-0.25, -0.2) is 0 Å². The average Bonchev–Trinajstić information content (AvgIpc) is 2.20. The topological polar surface area (TPSA) is 81.7 Å². The Morgan fingerprint density at radius 2 is 1.39 bits per heavy atom. The minimum atomic E-state index is -0.540. The number of hydrogen-bond acceptors (Lipinski definition) is 5. The fourth-order valence-corrected chi connectivity index (χ4v) is 1.29. The highest BCUT2D eigenvalue weighted by Crippen LogP contribution is 2.34. The molecule has 1 aromatic rings.